The van der Waals surface area contributed by atoms with Gasteiger partial charge in [0.2, 0.25) is 0 Å². The minimum Gasteiger partial charge on any atom is -0.543 e. The molecule has 0 fully saturated rings. The van der Waals surface area contributed by atoms with Crippen molar-refractivity contribution in [1.29, 1.82) is 0 Å². The molecule has 2 aromatic heterocycles. The first kappa shape index (κ1) is 16.0. The Hall–Kier alpha value is -2.90. The Kier molecular flexibility index (Phi) is 3.75. The highest BCUT2D eigenvalue weighted by molar-refractivity contribution is 5.83. The van der Waals surface area contributed by atoms with Crippen molar-refractivity contribution in [3.05, 3.63) is 53.6 Å². The number of nitrogens with zero attached hydrogens (tertiary/aromatic N) is 3. The van der Waals surface area contributed by atoms with Crippen LogP contribution in [-0.4, -0.2) is 20.3 Å². The van der Waals surface area contributed by atoms with Crippen LogP contribution in [0.3, 0.4) is 0 Å². The number of hydrogen-bond donors (Lipinski definition) is 0. The third-order valence-electron chi connectivity index (χ3n) is 3.64. The normalized spacial score (nSPS) is 11.8. The molecule has 0 saturated carbocycles. The van der Waals surface area contributed by atoms with E-state index in [0.29, 0.717) is 29.0 Å². The molecule has 2 heterocycles. The summed E-state index contributed by atoms with van der Waals surface area (Å²) < 4.78 is 39.6. The van der Waals surface area contributed by atoms with Crippen LogP contribution in [0.15, 0.2) is 36.7 Å². The average molecular weight is 334 g/mol. The molecule has 0 amide bonds. The third-order valence-corrected chi connectivity index (χ3v) is 3.64. The minimum absolute atomic E-state index is 0.242. The number of benzene rings is 1. The Morgan fingerprint density at radius 1 is 1.25 bits per heavy atom. The van der Waals surface area contributed by atoms with E-state index in [2.05, 4.69) is 9.97 Å². The van der Waals surface area contributed by atoms with Gasteiger partial charge in [0.05, 0.1) is 29.1 Å². The second kappa shape index (κ2) is 5.63. The lowest BCUT2D eigenvalue weighted by atomic mass is 10.1. The molecule has 0 aliphatic heterocycles. The van der Waals surface area contributed by atoms with E-state index in [1.54, 1.807) is 4.40 Å². The molecule has 0 unspecified atom stereocenters. The van der Waals surface area contributed by atoms with E-state index in [1.807, 2.05) is 6.92 Å². The number of fused-ring (bicyclic) bond motifs is 1. The van der Waals surface area contributed by atoms with Crippen molar-refractivity contribution in [2.75, 3.05) is 0 Å². The summed E-state index contributed by atoms with van der Waals surface area (Å²) in [6, 6.07) is 4.67. The van der Waals surface area contributed by atoms with Gasteiger partial charge in [0.15, 0.2) is 5.65 Å². The molecule has 24 heavy (non-hydrogen) atoms. The molecule has 3 rings (SSSR count). The monoisotopic (exact) mass is 334 g/mol. The van der Waals surface area contributed by atoms with E-state index >= 15 is 0 Å². The zero-order valence-electron chi connectivity index (χ0n) is 12.5. The van der Waals surface area contributed by atoms with E-state index in [4.69, 9.17) is 0 Å². The molecule has 0 aliphatic rings. The van der Waals surface area contributed by atoms with Gasteiger partial charge in [0.1, 0.15) is 5.69 Å². The maximum absolute atomic E-state index is 12.7. The van der Waals surface area contributed by atoms with Crippen molar-refractivity contribution in [1.82, 2.24) is 14.4 Å². The molecule has 0 radical (unpaired) electrons. The van der Waals surface area contributed by atoms with E-state index in [-0.39, 0.29) is 5.69 Å². The molecule has 0 atom stereocenters. The van der Waals surface area contributed by atoms with Crippen LogP contribution in [0.25, 0.3) is 16.9 Å². The number of carbonyl (C=O) groups is 1. The number of carboxylic acid groups (broad SMARTS) is 1. The maximum Gasteiger partial charge on any atom is 0.416 e. The zero-order valence-corrected chi connectivity index (χ0v) is 12.5. The SMILES string of the molecule is CCc1c(-c2ccc(C(F)(F)F)cc2)nc2cnc(C(=O)[O-])cn12. The summed E-state index contributed by atoms with van der Waals surface area (Å²) in [5, 5.41) is 10.9. The summed E-state index contributed by atoms with van der Waals surface area (Å²) in [4.78, 5) is 19.0. The fourth-order valence-electron chi connectivity index (χ4n) is 2.49. The molecule has 0 spiro atoms. The number of alkyl halides is 3. The fourth-order valence-corrected chi connectivity index (χ4v) is 2.49. The maximum atomic E-state index is 12.7. The van der Waals surface area contributed by atoms with E-state index < -0.39 is 17.7 Å². The number of aryl methyl sites for hydroxylation is 1. The first-order chi connectivity index (χ1) is 11.3. The van der Waals surface area contributed by atoms with Gasteiger partial charge in [-0.1, -0.05) is 19.1 Å². The van der Waals surface area contributed by atoms with Gasteiger partial charge in [0, 0.05) is 11.8 Å². The van der Waals surface area contributed by atoms with Crippen molar-refractivity contribution >= 4 is 11.6 Å². The van der Waals surface area contributed by atoms with E-state index in [1.165, 1.54) is 24.5 Å². The van der Waals surface area contributed by atoms with Gasteiger partial charge >= 0.3 is 6.18 Å². The van der Waals surface area contributed by atoms with Gasteiger partial charge in [-0.3, -0.25) is 4.40 Å². The number of hydrogen-bond acceptors (Lipinski definition) is 4. The summed E-state index contributed by atoms with van der Waals surface area (Å²) >= 11 is 0. The largest absolute Gasteiger partial charge is 0.543 e. The predicted octanol–water partition coefficient (Wildman–Crippen LogP) is 2.34. The van der Waals surface area contributed by atoms with Crippen molar-refractivity contribution in [2.24, 2.45) is 0 Å². The molecule has 0 N–H and O–H groups in total. The van der Waals surface area contributed by atoms with Crippen LogP contribution >= 0.6 is 0 Å². The highest BCUT2D eigenvalue weighted by Gasteiger charge is 2.30. The molecule has 124 valence electrons. The number of aromatic carboxylic acids is 1. The highest BCUT2D eigenvalue weighted by atomic mass is 19.4. The van der Waals surface area contributed by atoms with Crippen molar-refractivity contribution < 1.29 is 23.1 Å². The molecule has 3 aromatic rings. The number of carboxylic acids is 1. The molecule has 0 saturated heterocycles. The molecular weight excluding hydrogens is 323 g/mol. The van der Waals surface area contributed by atoms with Crippen LogP contribution in [-0.2, 0) is 12.6 Å². The first-order valence-electron chi connectivity index (χ1n) is 7.07. The van der Waals surface area contributed by atoms with Crippen LogP contribution in [0.2, 0.25) is 0 Å². The molecule has 8 heteroatoms. The third kappa shape index (κ3) is 2.70. The van der Waals surface area contributed by atoms with E-state index in [0.717, 1.165) is 12.1 Å². The second-order valence-corrected chi connectivity index (χ2v) is 5.12. The second-order valence-electron chi connectivity index (χ2n) is 5.12. The van der Waals surface area contributed by atoms with Crippen molar-refractivity contribution in [3.8, 4) is 11.3 Å². The summed E-state index contributed by atoms with van der Waals surface area (Å²) in [6.07, 6.45) is -1.31. The summed E-state index contributed by atoms with van der Waals surface area (Å²) in [7, 11) is 0. The zero-order chi connectivity index (χ0) is 17.5. The molecular formula is C16H11F3N3O2-. The van der Waals surface area contributed by atoms with Gasteiger partial charge in [-0.25, -0.2) is 9.97 Å². The van der Waals surface area contributed by atoms with E-state index in [9.17, 15) is 23.1 Å². The van der Waals surface area contributed by atoms with Crippen LogP contribution in [0.1, 0.15) is 28.7 Å². The fraction of sp³-hybridized carbons (Fsp3) is 0.188. The number of imidazole rings is 1. The van der Waals surface area contributed by atoms with Crippen LogP contribution in [0, 0.1) is 0 Å². The molecule has 5 nitrogen and oxygen atoms in total. The smallest absolute Gasteiger partial charge is 0.416 e. The Morgan fingerprint density at radius 3 is 2.46 bits per heavy atom. The van der Waals surface area contributed by atoms with Gasteiger partial charge in [-0.05, 0) is 18.6 Å². The standard InChI is InChI=1S/C16H12F3N3O2/c1-2-12-14(9-3-5-10(6-4-9)16(17,18)19)21-13-7-20-11(15(23)24)8-22(12)13/h3-8H,2H2,1H3,(H,23,24)/p-1. The summed E-state index contributed by atoms with van der Waals surface area (Å²) in [5.41, 5.74) is 1.10. The topological polar surface area (TPSA) is 70.3 Å². The van der Waals surface area contributed by atoms with Gasteiger partial charge in [-0.2, -0.15) is 13.2 Å². The number of halogens is 3. The van der Waals surface area contributed by atoms with Crippen molar-refractivity contribution in [2.45, 2.75) is 19.5 Å². The Morgan fingerprint density at radius 2 is 1.92 bits per heavy atom. The number of aromatic nitrogens is 3. The number of rotatable bonds is 3. The first-order valence-corrected chi connectivity index (χ1v) is 7.07. The van der Waals surface area contributed by atoms with Gasteiger partial charge in [0.25, 0.3) is 0 Å². The lowest BCUT2D eigenvalue weighted by Crippen LogP contribution is -2.24. The van der Waals surface area contributed by atoms with Gasteiger partial charge in [-0.15, -0.1) is 0 Å². The summed E-state index contributed by atoms with van der Waals surface area (Å²) in [5.74, 6) is -1.41. The average Bonchev–Trinajstić information content (AvgIpc) is 2.91. The van der Waals surface area contributed by atoms with Crippen LogP contribution < -0.4 is 5.11 Å². The van der Waals surface area contributed by atoms with Crippen LogP contribution in [0.5, 0.6) is 0 Å². The highest BCUT2D eigenvalue weighted by Crippen LogP contribution is 2.32. The minimum atomic E-state index is -4.40. The Balaban J connectivity index is 2.14. The molecule has 1 aromatic carbocycles. The Labute approximate surface area is 134 Å². The van der Waals surface area contributed by atoms with Crippen molar-refractivity contribution in [3.63, 3.8) is 0 Å². The van der Waals surface area contributed by atoms with Gasteiger partial charge < -0.3 is 9.90 Å². The number of carbonyl (C=O) groups excluding carboxylic acids is 1. The summed E-state index contributed by atoms with van der Waals surface area (Å²) in [6.45, 7) is 1.84. The van der Waals surface area contributed by atoms with Crippen LogP contribution in [0.4, 0.5) is 13.2 Å². The predicted molar refractivity (Wildman–Crippen MR) is 77.1 cm³/mol. The lowest BCUT2D eigenvalue weighted by Gasteiger charge is -2.08. The lowest BCUT2D eigenvalue weighted by molar-refractivity contribution is -0.255. The molecule has 0 aliphatic carbocycles. The Bertz CT molecular complexity index is 915. The molecule has 0 bridgehead atoms. The quantitative estimate of drug-likeness (QED) is 0.737.